The molecule has 2 heteroatoms. The number of carbonyl (C=O) groups excluding carboxylic acids is 1. The lowest BCUT2D eigenvalue weighted by Gasteiger charge is -2.28. The van der Waals surface area contributed by atoms with Crippen LogP contribution < -0.4 is 0 Å². The standard InChI is InChI=1S/C15H23NO/c1-4-6-7-8-9-15-10-11-16(13(3)17)12-14(15)5-2/h5,7-8H,2,4,6,9-12H2,1,3H3. The van der Waals surface area contributed by atoms with Gasteiger partial charge in [-0.05, 0) is 24.8 Å². The Kier molecular flexibility index (Phi) is 5.75. The monoisotopic (exact) mass is 233 g/mol. The molecule has 0 unspecified atom stereocenters. The number of hydrogen-bond acceptors (Lipinski definition) is 1. The molecule has 0 radical (unpaired) electrons. The van der Waals surface area contributed by atoms with Crippen molar-refractivity contribution in [3.05, 3.63) is 36.0 Å². The number of carbonyl (C=O) groups is 1. The van der Waals surface area contributed by atoms with E-state index in [1.807, 2.05) is 11.0 Å². The zero-order valence-electron chi connectivity index (χ0n) is 11.0. The summed E-state index contributed by atoms with van der Waals surface area (Å²) in [6.07, 6.45) is 10.7. The maximum absolute atomic E-state index is 11.3. The number of nitrogens with zero attached hydrogens (tertiary/aromatic N) is 1. The third-order valence-electron chi connectivity index (χ3n) is 3.18. The maximum atomic E-state index is 11.3. The molecule has 0 saturated carbocycles. The van der Waals surface area contributed by atoms with Crippen LogP contribution in [0.15, 0.2) is 36.0 Å². The predicted octanol–water partition coefficient (Wildman–Crippen LogP) is 3.47. The Bertz CT molecular complexity index is 339. The van der Waals surface area contributed by atoms with Crippen LogP contribution in [0.25, 0.3) is 0 Å². The highest BCUT2D eigenvalue weighted by molar-refractivity contribution is 5.74. The van der Waals surface area contributed by atoms with Crippen molar-refractivity contribution < 1.29 is 4.79 Å². The molecule has 1 aliphatic rings. The summed E-state index contributed by atoms with van der Waals surface area (Å²) in [6.45, 7) is 9.25. The maximum Gasteiger partial charge on any atom is 0.219 e. The Balaban J connectivity index is 2.62. The second-order valence-corrected chi connectivity index (χ2v) is 4.49. The molecule has 0 aromatic carbocycles. The number of allylic oxidation sites excluding steroid dienone is 2. The van der Waals surface area contributed by atoms with E-state index < -0.39 is 0 Å². The van der Waals surface area contributed by atoms with Gasteiger partial charge < -0.3 is 4.90 Å². The molecule has 0 aromatic rings. The lowest BCUT2D eigenvalue weighted by Crippen LogP contribution is -2.35. The van der Waals surface area contributed by atoms with Crippen LogP contribution in [0.4, 0.5) is 0 Å². The zero-order valence-corrected chi connectivity index (χ0v) is 11.0. The van der Waals surface area contributed by atoms with Crippen molar-refractivity contribution in [3.8, 4) is 0 Å². The van der Waals surface area contributed by atoms with Crippen LogP contribution in [0.1, 0.15) is 39.5 Å². The summed E-state index contributed by atoms with van der Waals surface area (Å²) in [6, 6.07) is 0. The first-order chi connectivity index (χ1) is 8.19. The van der Waals surface area contributed by atoms with Gasteiger partial charge in [-0.25, -0.2) is 0 Å². The molecule has 94 valence electrons. The third-order valence-corrected chi connectivity index (χ3v) is 3.18. The Morgan fingerprint density at radius 2 is 2.24 bits per heavy atom. The predicted molar refractivity (Wildman–Crippen MR) is 72.8 cm³/mol. The number of hydrogen-bond donors (Lipinski definition) is 0. The van der Waals surface area contributed by atoms with E-state index in [4.69, 9.17) is 0 Å². The Hall–Kier alpha value is -1.31. The number of unbranched alkanes of at least 4 members (excludes halogenated alkanes) is 1. The van der Waals surface area contributed by atoms with Gasteiger partial charge in [0, 0.05) is 20.0 Å². The topological polar surface area (TPSA) is 20.3 Å². The molecule has 0 saturated heterocycles. The molecule has 2 nitrogen and oxygen atoms in total. The van der Waals surface area contributed by atoms with Crippen molar-refractivity contribution in [1.29, 1.82) is 0 Å². The second-order valence-electron chi connectivity index (χ2n) is 4.49. The van der Waals surface area contributed by atoms with E-state index in [0.29, 0.717) is 0 Å². The first-order valence-corrected chi connectivity index (χ1v) is 6.42. The van der Waals surface area contributed by atoms with Crippen LogP contribution in [0.3, 0.4) is 0 Å². The SMILES string of the molecule is C=CC1=C(CC=CCCC)CCN(C(C)=O)C1. The molecule has 0 aliphatic carbocycles. The van der Waals surface area contributed by atoms with E-state index in [2.05, 4.69) is 25.7 Å². The lowest BCUT2D eigenvalue weighted by atomic mass is 9.97. The molecule has 17 heavy (non-hydrogen) atoms. The summed E-state index contributed by atoms with van der Waals surface area (Å²) in [5.74, 6) is 0.157. The van der Waals surface area contributed by atoms with E-state index in [0.717, 1.165) is 32.4 Å². The molecule has 0 N–H and O–H groups in total. The van der Waals surface area contributed by atoms with Crippen molar-refractivity contribution in [1.82, 2.24) is 4.90 Å². The van der Waals surface area contributed by atoms with Crippen LogP contribution in [-0.4, -0.2) is 23.9 Å². The van der Waals surface area contributed by atoms with Gasteiger partial charge >= 0.3 is 0 Å². The summed E-state index contributed by atoms with van der Waals surface area (Å²) in [5, 5.41) is 0. The minimum absolute atomic E-state index is 0.157. The second kappa shape index (κ2) is 7.10. The fourth-order valence-electron chi connectivity index (χ4n) is 2.05. The van der Waals surface area contributed by atoms with Crippen LogP contribution in [0.5, 0.6) is 0 Å². The number of rotatable bonds is 5. The molecular weight excluding hydrogens is 210 g/mol. The highest BCUT2D eigenvalue weighted by Gasteiger charge is 2.17. The fourth-order valence-corrected chi connectivity index (χ4v) is 2.05. The highest BCUT2D eigenvalue weighted by Crippen LogP contribution is 2.22. The van der Waals surface area contributed by atoms with Gasteiger partial charge in [0.2, 0.25) is 5.91 Å². The molecule has 0 aromatic heterocycles. The van der Waals surface area contributed by atoms with Crippen LogP contribution in [0, 0.1) is 0 Å². The smallest absolute Gasteiger partial charge is 0.219 e. The molecule has 1 amide bonds. The van der Waals surface area contributed by atoms with Crippen LogP contribution in [0.2, 0.25) is 0 Å². The molecule has 1 rings (SSSR count). The van der Waals surface area contributed by atoms with E-state index in [-0.39, 0.29) is 5.91 Å². The van der Waals surface area contributed by atoms with Gasteiger partial charge in [-0.1, -0.05) is 43.7 Å². The number of amides is 1. The van der Waals surface area contributed by atoms with E-state index in [9.17, 15) is 4.79 Å². The van der Waals surface area contributed by atoms with E-state index in [1.165, 1.54) is 17.6 Å². The van der Waals surface area contributed by atoms with Crippen molar-refractivity contribution in [2.75, 3.05) is 13.1 Å². The minimum Gasteiger partial charge on any atom is -0.338 e. The Labute approximate surface area is 105 Å². The third kappa shape index (κ3) is 4.22. The van der Waals surface area contributed by atoms with Gasteiger partial charge in [-0.2, -0.15) is 0 Å². The minimum atomic E-state index is 0.157. The normalized spacial score (nSPS) is 16.7. The summed E-state index contributed by atoms with van der Waals surface area (Å²) in [7, 11) is 0. The zero-order chi connectivity index (χ0) is 12.7. The van der Waals surface area contributed by atoms with Crippen LogP contribution >= 0.6 is 0 Å². The molecule has 0 fully saturated rings. The molecule has 1 aliphatic heterocycles. The van der Waals surface area contributed by atoms with Gasteiger partial charge in [-0.15, -0.1) is 0 Å². The molecular formula is C15H23NO. The lowest BCUT2D eigenvalue weighted by molar-refractivity contribution is -0.128. The molecule has 0 bridgehead atoms. The van der Waals surface area contributed by atoms with Crippen molar-refractivity contribution in [2.24, 2.45) is 0 Å². The largest absolute Gasteiger partial charge is 0.338 e. The Morgan fingerprint density at radius 1 is 1.47 bits per heavy atom. The molecule has 0 atom stereocenters. The van der Waals surface area contributed by atoms with Crippen LogP contribution in [-0.2, 0) is 4.79 Å². The molecule has 1 heterocycles. The molecule has 0 spiro atoms. The highest BCUT2D eigenvalue weighted by atomic mass is 16.2. The fraction of sp³-hybridized carbons (Fsp3) is 0.533. The summed E-state index contributed by atoms with van der Waals surface area (Å²) in [4.78, 5) is 13.2. The average Bonchev–Trinajstić information content (AvgIpc) is 2.34. The van der Waals surface area contributed by atoms with Gasteiger partial charge in [0.25, 0.3) is 0 Å². The average molecular weight is 233 g/mol. The van der Waals surface area contributed by atoms with Gasteiger partial charge in [0.05, 0.1) is 0 Å². The quantitative estimate of drug-likeness (QED) is 0.666. The summed E-state index contributed by atoms with van der Waals surface area (Å²) < 4.78 is 0. The van der Waals surface area contributed by atoms with Crippen molar-refractivity contribution in [2.45, 2.75) is 39.5 Å². The van der Waals surface area contributed by atoms with E-state index >= 15 is 0 Å². The van der Waals surface area contributed by atoms with Crippen molar-refractivity contribution in [3.63, 3.8) is 0 Å². The summed E-state index contributed by atoms with van der Waals surface area (Å²) >= 11 is 0. The van der Waals surface area contributed by atoms with Gasteiger partial charge in [0.15, 0.2) is 0 Å². The van der Waals surface area contributed by atoms with Crippen molar-refractivity contribution >= 4 is 5.91 Å². The Morgan fingerprint density at radius 3 is 2.82 bits per heavy atom. The van der Waals surface area contributed by atoms with Gasteiger partial charge in [-0.3, -0.25) is 4.79 Å². The first-order valence-electron chi connectivity index (χ1n) is 6.42. The summed E-state index contributed by atoms with van der Waals surface area (Å²) in [5.41, 5.74) is 2.66. The van der Waals surface area contributed by atoms with Gasteiger partial charge in [0.1, 0.15) is 0 Å². The first kappa shape index (κ1) is 13.8. The van der Waals surface area contributed by atoms with E-state index in [1.54, 1.807) is 6.92 Å².